The maximum absolute atomic E-state index is 12.0. The zero-order chi connectivity index (χ0) is 18.4. The van der Waals surface area contributed by atoms with Gasteiger partial charge < -0.3 is 15.7 Å². The Morgan fingerprint density at radius 3 is 2.50 bits per heavy atom. The van der Waals surface area contributed by atoms with Crippen LogP contribution in [-0.2, 0) is 6.42 Å². The molecule has 0 aliphatic heterocycles. The van der Waals surface area contributed by atoms with Crippen LogP contribution < -0.4 is 10.6 Å². The van der Waals surface area contributed by atoms with E-state index >= 15 is 0 Å². The van der Waals surface area contributed by atoms with Crippen molar-refractivity contribution in [3.8, 4) is 6.07 Å². The monoisotopic (exact) mass is 345 g/mol. The number of urea groups is 1. The first-order valence-corrected chi connectivity index (χ1v) is 8.33. The van der Waals surface area contributed by atoms with Gasteiger partial charge in [-0.1, -0.05) is 48.5 Å². The van der Waals surface area contributed by atoms with Crippen LogP contribution in [-0.4, -0.2) is 17.7 Å². The molecule has 0 radical (unpaired) electrons. The summed E-state index contributed by atoms with van der Waals surface area (Å²) in [5.41, 5.74) is 2.28. The molecule has 3 rings (SSSR count). The van der Waals surface area contributed by atoms with Crippen LogP contribution in [0.5, 0.6) is 0 Å². The third kappa shape index (κ3) is 4.38. The molecular formula is C21H19N3O2. The van der Waals surface area contributed by atoms with E-state index in [0.29, 0.717) is 12.1 Å². The van der Waals surface area contributed by atoms with Crippen LogP contribution in [0.1, 0.15) is 17.2 Å². The number of hydrogen-bond donors (Lipinski definition) is 3. The van der Waals surface area contributed by atoms with Crippen LogP contribution in [0, 0.1) is 11.3 Å². The number of carbonyl (C=O) groups is 1. The predicted octanol–water partition coefficient (Wildman–Crippen LogP) is 3.76. The van der Waals surface area contributed by atoms with Crippen LogP contribution in [0.15, 0.2) is 66.7 Å². The van der Waals surface area contributed by atoms with Crippen LogP contribution in [0.2, 0.25) is 0 Å². The summed E-state index contributed by atoms with van der Waals surface area (Å²) >= 11 is 0. The molecule has 3 aromatic rings. The zero-order valence-electron chi connectivity index (χ0n) is 14.1. The largest absolute Gasteiger partial charge is 0.387 e. The van der Waals surface area contributed by atoms with Gasteiger partial charge in [-0.25, -0.2) is 4.79 Å². The molecular weight excluding hydrogens is 326 g/mol. The average Bonchev–Trinajstić information content (AvgIpc) is 2.67. The molecule has 0 saturated heterocycles. The molecule has 1 atom stereocenters. The van der Waals surface area contributed by atoms with Crippen molar-refractivity contribution in [3.05, 3.63) is 77.9 Å². The van der Waals surface area contributed by atoms with E-state index in [1.807, 2.05) is 42.5 Å². The van der Waals surface area contributed by atoms with Crippen molar-refractivity contribution in [1.29, 1.82) is 5.26 Å². The molecule has 2 amide bonds. The van der Waals surface area contributed by atoms with Gasteiger partial charge in [-0.3, -0.25) is 0 Å². The quantitative estimate of drug-likeness (QED) is 0.658. The number of aliphatic hydroxyl groups excluding tert-OH is 1. The molecule has 5 heteroatoms. The highest BCUT2D eigenvalue weighted by Gasteiger charge is 2.10. The van der Waals surface area contributed by atoms with Gasteiger partial charge in [-0.05, 0) is 40.1 Å². The Bertz CT molecular complexity index is 945. The maximum Gasteiger partial charge on any atom is 0.319 e. The number of hydrogen-bond acceptors (Lipinski definition) is 3. The molecule has 0 fully saturated rings. The Morgan fingerprint density at radius 2 is 1.77 bits per heavy atom. The van der Waals surface area contributed by atoms with Crippen LogP contribution in [0.3, 0.4) is 0 Å². The van der Waals surface area contributed by atoms with Crippen molar-refractivity contribution < 1.29 is 9.90 Å². The van der Waals surface area contributed by atoms with Crippen molar-refractivity contribution in [1.82, 2.24) is 5.32 Å². The van der Waals surface area contributed by atoms with Gasteiger partial charge in [0.15, 0.2) is 0 Å². The standard InChI is InChI=1S/C21H19N3O2/c22-12-11-15-5-9-19(10-6-15)24-21(26)23-14-20(25)18-8-7-16-3-1-2-4-17(16)13-18/h1-10,13,20,25H,11,14H2,(H2,23,24,26). The number of amides is 2. The second-order valence-electron chi connectivity index (χ2n) is 5.99. The minimum absolute atomic E-state index is 0.108. The third-order valence-corrected chi connectivity index (χ3v) is 4.11. The van der Waals surface area contributed by atoms with Gasteiger partial charge in [0.05, 0.1) is 18.6 Å². The molecule has 3 N–H and O–H groups in total. The summed E-state index contributed by atoms with van der Waals surface area (Å²) < 4.78 is 0. The smallest absolute Gasteiger partial charge is 0.319 e. The molecule has 26 heavy (non-hydrogen) atoms. The summed E-state index contributed by atoms with van der Waals surface area (Å²) in [6.45, 7) is 0.108. The topological polar surface area (TPSA) is 85.2 Å². The minimum atomic E-state index is -0.789. The second-order valence-corrected chi connectivity index (χ2v) is 5.99. The van der Waals surface area contributed by atoms with Crippen molar-refractivity contribution in [2.45, 2.75) is 12.5 Å². The summed E-state index contributed by atoms with van der Waals surface area (Å²) in [5, 5.41) is 26.5. The number of nitriles is 1. The molecule has 0 aromatic heterocycles. The highest BCUT2D eigenvalue weighted by atomic mass is 16.3. The van der Waals surface area contributed by atoms with Crippen molar-refractivity contribution in [2.75, 3.05) is 11.9 Å². The van der Waals surface area contributed by atoms with E-state index in [1.54, 1.807) is 24.3 Å². The summed E-state index contributed by atoms with van der Waals surface area (Å²) in [7, 11) is 0. The number of anilines is 1. The third-order valence-electron chi connectivity index (χ3n) is 4.11. The molecule has 0 saturated carbocycles. The van der Waals surface area contributed by atoms with E-state index in [2.05, 4.69) is 16.7 Å². The summed E-state index contributed by atoms with van der Waals surface area (Å²) in [5.74, 6) is 0. The van der Waals surface area contributed by atoms with Gasteiger partial charge in [0.2, 0.25) is 0 Å². The van der Waals surface area contributed by atoms with Gasteiger partial charge in [0.25, 0.3) is 0 Å². The highest BCUT2D eigenvalue weighted by Crippen LogP contribution is 2.20. The molecule has 3 aromatic carbocycles. The number of nitrogens with one attached hydrogen (secondary N) is 2. The SMILES string of the molecule is N#CCc1ccc(NC(=O)NCC(O)c2ccc3ccccc3c2)cc1. The first-order valence-electron chi connectivity index (χ1n) is 8.33. The lowest BCUT2D eigenvalue weighted by Crippen LogP contribution is -2.32. The molecule has 130 valence electrons. The lowest BCUT2D eigenvalue weighted by atomic mass is 10.0. The highest BCUT2D eigenvalue weighted by molar-refractivity contribution is 5.89. The second kappa shape index (κ2) is 8.15. The number of aliphatic hydroxyl groups is 1. The first-order chi connectivity index (χ1) is 12.7. The molecule has 0 spiro atoms. The number of nitrogens with zero attached hydrogens (tertiary/aromatic N) is 1. The number of carbonyl (C=O) groups excluding carboxylic acids is 1. The van der Waals surface area contributed by atoms with Crippen molar-refractivity contribution >= 4 is 22.5 Å². The molecule has 0 heterocycles. The molecule has 0 aliphatic carbocycles. The molecule has 1 unspecified atom stereocenters. The summed E-state index contributed by atoms with van der Waals surface area (Å²) in [4.78, 5) is 12.0. The van der Waals surface area contributed by atoms with Gasteiger partial charge in [-0.2, -0.15) is 5.26 Å². The van der Waals surface area contributed by atoms with Gasteiger partial charge in [-0.15, -0.1) is 0 Å². The van der Waals surface area contributed by atoms with Gasteiger partial charge in [0.1, 0.15) is 0 Å². The van der Waals surface area contributed by atoms with E-state index in [-0.39, 0.29) is 6.54 Å². The fraction of sp³-hybridized carbons (Fsp3) is 0.143. The minimum Gasteiger partial charge on any atom is -0.387 e. The summed E-state index contributed by atoms with van der Waals surface area (Å²) in [6.07, 6.45) is -0.451. The predicted molar refractivity (Wildman–Crippen MR) is 102 cm³/mol. The fourth-order valence-corrected chi connectivity index (χ4v) is 2.69. The maximum atomic E-state index is 12.0. The van der Waals surface area contributed by atoms with E-state index in [1.165, 1.54) is 0 Å². The molecule has 0 aliphatic rings. The Hall–Kier alpha value is -3.36. The van der Waals surface area contributed by atoms with E-state index in [4.69, 9.17) is 5.26 Å². The van der Waals surface area contributed by atoms with E-state index in [9.17, 15) is 9.90 Å². The zero-order valence-corrected chi connectivity index (χ0v) is 14.1. The fourth-order valence-electron chi connectivity index (χ4n) is 2.69. The van der Waals surface area contributed by atoms with E-state index < -0.39 is 12.1 Å². The van der Waals surface area contributed by atoms with Crippen LogP contribution >= 0.6 is 0 Å². The number of benzene rings is 3. The normalized spacial score (nSPS) is 11.5. The van der Waals surface area contributed by atoms with Crippen LogP contribution in [0.25, 0.3) is 10.8 Å². The van der Waals surface area contributed by atoms with Crippen molar-refractivity contribution in [2.24, 2.45) is 0 Å². The van der Waals surface area contributed by atoms with Crippen LogP contribution in [0.4, 0.5) is 10.5 Å². The lowest BCUT2D eigenvalue weighted by molar-refractivity contribution is 0.175. The molecule has 0 bridgehead atoms. The Morgan fingerprint density at radius 1 is 1.04 bits per heavy atom. The van der Waals surface area contributed by atoms with E-state index in [0.717, 1.165) is 21.9 Å². The Labute approximate surface area is 151 Å². The average molecular weight is 345 g/mol. The lowest BCUT2D eigenvalue weighted by Gasteiger charge is -2.14. The molecule has 5 nitrogen and oxygen atoms in total. The Balaban J connectivity index is 1.55. The number of rotatable bonds is 5. The van der Waals surface area contributed by atoms with Gasteiger partial charge in [0, 0.05) is 12.2 Å². The first kappa shape index (κ1) is 17.5. The van der Waals surface area contributed by atoms with Gasteiger partial charge >= 0.3 is 6.03 Å². The summed E-state index contributed by atoms with van der Waals surface area (Å²) in [6, 6.07) is 22.4. The number of fused-ring (bicyclic) bond motifs is 1. The van der Waals surface area contributed by atoms with Crippen molar-refractivity contribution in [3.63, 3.8) is 0 Å². The Kier molecular flexibility index (Phi) is 5.47.